The molecule has 164 valence electrons. The Balaban J connectivity index is 1.86. The number of carbonyl (C=O) groups is 1. The fourth-order valence-corrected chi connectivity index (χ4v) is 2.83. The molecule has 5 nitrogen and oxygen atoms in total. The number of carbonyl (C=O) groups excluding carboxylic acids is 1. The van der Waals surface area contributed by atoms with Crippen LogP contribution in [0.3, 0.4) is 0 Å². The standard InChI is InChI=1S/C23H21F3O5/c1-5-21(27)31-22(3,4)14(2)28-16-11-10-15-12-20(29-19(15)13-16)17-8-6-7-9-18(17)30-23(24,25)26/h5-14H,1H2,2-4H3. The van der Waals surface area contributed by atoms with Crippen LogP contribution >= 0.6 is 0 Å². The number of benzene rings is 2. The number of rotatable bonds is 7. The minimum absolute atomic E-state index is 0.171. The topological polar surface area (TPSA) is 57.9 Å². The average Bonchev–Trinajstić information content (AvgIpc) is 3.09. The maximum Gasteiger partial charge on any atom is 0.573 e. The summed E-state index contributed by atoms with van der Waals surface area (Å²) in [5.41, 5.74) is -0.339. The minimum Gasteiger partial charge on any atom is -0.486 e. The second-order valence-electron chi connectivity index (χ2n) is 7.34. The van der Waals surface area contributed by atoms with Crippen molar-refractivity contribution in [2.24, 2.45) is 0 Å². The summed E-state index contributed by atoms with van der Waals surface area (Å²) in [6.45, 7) is 8.54. The second kappa shape index (κ2) is 8.37. The molecule has 0 aliphatic heterocycles. The molecule has 1 aromatic heterocycles. The van der Waals surface area contributed by atoms with Gasteiger partial charge in [-0.25, -0.2) is 4.79 Å². The van der Waals surface area contributed by atoms with E-state index in [0.717, 1.165) is 6.08 Å². The van der Waals surface area contributed by atoms with Gasteiger partial charge in [0.1, 0.15) is 34.5 Å². The molecule has 0 saturated heterocycles. The van der Waals surface area contributed by atoms with Crippen molar-refractivity contribution in [3.63, 3.8) is 0 Å². The maximum atomic E-state index is 12.7. The van der Waals surface area contributed by atoms with Gasteiger partial charge in [0.05, 0.1) is 5.56 Å². The zero-order chi connectivity index (χ0) is 22.8. The fraction of sp³-hybridized carbons (Fsp3) is 0.261. The Bertz CT molecular complexity index is 1100. The fourth-order valence-electron chi connectivity index (χ4n) is 2.83. The van der Waals surface area contributed by atoms with Crippen LogP contribution in [-0.2, 0) is 9.53 Å². The molecule has 3 rings (SSSR count). The van der Waals surface area contributed by atoms with Crippen molar-refractivity contribution >= 4 is 16.9 Å². The van der Waals surface area contributed by atoms with Gasteiger partial charge in [0, 0.05) is 17.5 Å². The molecule has 0 fully saturated rings. The highest BCUT2D eigenvalue weighted by atomic mass is 19.4. The summed E-state index contributed by atoms with van der Waals surface area (Å²) in [7, 11) is 0. The van der Waals surface area contributed by atoms with Crippen LogP contribution in [-0.4, -0.2) is 24.0 Å². The molecule has 1 heterocycles. The van der Waals surface area contributed by atoms with Crippen molar-refractivity contribution in [1.82, 2.24) is 0 Å². The summed E-state index contributed by atoms with van der Waals surface area (Å²) in [5, 5.41) is 0.675. The molecule has 0 spiro atoms. The van der Waals surface area contributed by atoms with Crippen LogP contribution < -0.4 is 9.47 Å². The largest absolute Gasteiger partial charge is 0.573 e. The number of alkyl halides is 3. The number of esters is 1. The predicted molar refractivity (Wildman–Crippen MR) is 109 cm³/mol. The second-order valence-corrected chi connectivity index (χ2v) is 7.34. The first-order chi connectivity index (χ1) is 14.5. The third kappa shape index (κ3) is 5.39. The lowest BCUT2D eigenvalue weighted by molar-refractivity contribution is -0.274. The average molecular weight is 434 g/mol. The minimum atomic E-state index is -4.82. The monoisotopic (exact) mass is 434 g/mol. The molecule has 0 saturated carbocycles. The van der Waals surface area contributed by atoms with Crippen LogP contribution in [0.4, 0.5) is 13.2 Å². The molecule has 31 heavy (non-hydrogen) atoms. The first-order valence-corrected chi connectivity index (χ1v) is 9.39. The molecule has 0 bridgehead atoms. The van der Waals surface area contributed by atoms with E-state index in [4.69, 9.17) is 13.9 Å². The van der Waals surface area contributed by atoms with Crippen LogP contribution in [0, 0.1) is 0 Å². The molecule has 0 amide bonds. The molecule has 0 radical (unpaired) electrons. The van der Waals surface area contributed by atoms with Crippen molar-refractivity contribution in [3.8, 4) is 22.8 Å². The Morgan fingerprint density at radius 3 is 2.52 bits per heavy atom. The Hall–Kier alpha value is -3.42. The Labute approximate surface area is 177 Å². The lowest BCUT2D eigenvalue weighted by atomic mass is 10.0. The quantitative estimate of drug-likeness (QED) is 0.324. The van der Waals surface area contributed by atoms with E-state index < -0.39 is 24.0 Å². The Morgan fingerprint density at radius 1 is 1.13 bits per heavy atom. The Kier molecular flexibility index (Phi) is 6.01. The SMILES string of the molecule is C=CC(=O)OC(C)(C)C(C)Oc1ccc2cc(-c3ccccc3OC(F)(F)F)oc2c1. The van der Waals surface area contributed by atoms with Gasteiger partial charge in [0.15, 0.2) is 0 Å². The maximum absolute atomic E-state index is 12.7. The molecular weight excluding hydrogens is 413 g/mol. The molecular formula is C23H21F3O5. The summed E-state index contributed by atoms with van der Waals surface area (Å²) in [5.74, 6) is -0.250. The molecule has 2 aromatic carbocycles. The summed E-state index contributed by atoms with van der Waals surface area (Å²) in [6, 6.07) is 12.4. The van der Waals surface area contributed by atoms with E-state index in [1.165, 1.54) is 18.2 Å². The number of hydrogen-bond donors (Lipinski definition) is 0. The highest BCUT2D eigenvalue weighted by Gasteiger charge is 2.33. The van der Waals surface area contributed by atoms with E-state index in [1.54, 1.807) is 51.1 Å². The molecule has 0 N–H and O–H groups in total. The van der Waals surface area contributed by atoms with Crippen molar-refractivity contribution in [2.45, 2.75) is 38.8 Å². The first-order valence-electron chi connectivity index (χ1n) is 9.39. The lowest BCUT2D eigenvalue weighted by Gasteiger charge is -2.31. The van der Waals surface area contributed by atoms with E-state index in [0.29, 0.717) is 16.7 Å². The van der Waals surface area contributed by atoms with Gasteiger partial charge in [0.2, 0.25) is 0 Å². The van der Waals surface area contributed by atoms with Gasteiger partial charge in [-0.05, 0) is 51.1 Å². The number of halogens is 3. The van der Waals surface area contributed by atoms with Gasteiger partial charge in [-0.1, -0.05) is 18.7 Å². The van der Waals surface area contributed by atoms with E-state index in [-0.39, 0.29) is 17.1 Å². The molecule has 0 aliphatic rings. The summed E-state index contributed by atoms with van der Waals surface area (Å²) < 4.78 is 59.2. The highest BCUT2D eigenvalue weighted by Crippen LogP contribution is 2.37. The normalized spacial score (nSPS) is 13.0. The van der Waals surface area contributed by atoms with Crippen molar-refractivity contribution in [2.75, 3.05) is 0 Å². The molecule has 1 atom stereocenters. The third-order valence-corrected chi connectivity index (χ3v) is 4.69. The molecule has 8 heteroatoms. The van der Waals surface area contributed by atoms with Crippen LogP contribution in [0.1, 0.15) is 20.8 Å². The molecule has 1 unspecified atom stereocenters. The summed E-state index contributed by atoms with van der Waals surface area (Å²) in [4.78, 5) is 11.5. The van der Waals surface area contributed by atoms with Gasteiger partial charge in [-0.3, -0.25) is 0 Å². The van der Waals surface area contributed by atoms with E-state index in [9.17, 15) is 18.0 Å². The third-order valence-electron chi connectivity index (χ3n) is 4.69. The van der Waals surface area contributed by atoms with E-state index >= 15 is 0 Å². The van der Waals surface area contributed by atoms with Gasteiger partial charge in [-0.2, -0.15) is 0 Å². The number of furan rings is 1. The van der Waals surface area contributed by atoms with Crippen molar-refractivity contribution in [3.05, 3.63) is 61.2 Å². The Morgan fingerprint density at radius 2 is 1.84 bits per heavy atom. The van der Waals surface area contributed by atoms with Gasteiger partial charge < -0.3 is 18.6 Å². The zero-order valence-corrected chi connectivity index (χ0v) is 17.2. The number of ether oxygens (including phenoxy) is 3. The first kappa shape index (κ1) is 22.3. The lowest BCUT2D eigenvalue weighted by Crippen LogP contribution is -2.42. The molecule has 3 aromatic rings. The number of para-hydroxylation sites is 1. The molecule has 0 aliphatic carbocycles. The summed E-state index contributed by atoms with van der Waals surface area (Å²) in [6.07, 6.45) is -4.25. The van der Waals surface area contributed by atoms with Crippen LogP contribution in [0.5, 0.6) is 11.5 Å². The highest BCUT2D eigenvalue weighted by molar-refractivity contribution is 5.85. The number of hydrogen-bond acceptors (Lipinski definition) is 5. The number of fused-ring (bicyclic) bond motifs is 1. The van der Waals surface area contributed by atoms with E-state index in [1.807, 2.05) is 0 Å². The van der Waals surface area contributed by atoms with Gasteiger partial charge >= 0.3 is 12.3 Å². The summed E-state index contributed by atoms with van der Waals surface area (Å²) >= 11 is 0. The van der Waals surface area contributed by atoms with E-state index in [2.05, 4.69) is 11.3 Å². The smallest absolute Gasteiger partial charge is 0.486 e. The predicted octanol–water partition coefficient (Wildman–Crippen LogP) is 6.27. The zero-order valence-electron chi connectivity index (χ0n) is 17.2. The van der Waals surface area contributed by atoms with Gasteiger partial charge in [0.25, 0.3) is 0 Å². The van der Waals surface area contributed by atoms with Gasteiger partial charge in [-0.15, -0.1) is 13.2 Å². The van der Waals surface area contributed by atoms with Crippen molar-refractivity contribution in [1.29, 1.82) is 0 Å². The van der Waals surface area contributed by atoms with Crippen LogP contribution in [0.25, 0.3) is 22.3 Å². The van der Waals surface area contributed by atoms with Crippen LogP contribution in [0.15, 0.2) is 65.6 Å². The van der Waals surface area contributed by atoms with Crippen molar-refractivity contribution < 1.29 is 36.6 Å². The van der Waals surface area contributed by atoms with Crippen LogP contribution in [0.2, 0.25) is 0 Å².